The van der Waals surface area contributed by atoms with E-state index in [2.05, 4.69) is 0 Å². The Bertz CT molecular complexity index is 786. The van der Waals surface area contributed by atoms with Gasteiger partial charge in [0.2, 0.25) is 5.75 Å². The summed E-state index contributed by atoms with van der Waals surface area (Å²) in [4.78, 5) is 0. The van der Waals surface area contributed by atoms with E-state index in [1.165, 1.54) is 6.07 Å². The van der Waals surface area contributed by atoms with Crippen LogP contribution in [0.15, 0.2) is 22.6 Å². The molecule has 3 aromatic rings. The standard InChI is InChI=1S/C12H8O6/c13-4-1-5-9-8(18-12(5)7(15)2-4)3-6(14)10(16)11(9)17/h1-3,13-17H. The van der Waals surface area contributed by atoms with Crippen LogP contribution in [0.3, 0.4) is 0 Å². The third-order valence-corrected chi connectivity index (χ3v) is 2.75. The molecule has 1 aromatic heterocycles. The van der Waals surface area contributed by atoms with Gasteiger partial charge >= 0.3 is 0 Å². The molecule has 92 valence electrons. The molecule has 5 N–H and O–H groups in total. The van der Waals surface area contributed by atoms with Crippen LogP contribution in [0.1, 0.15) is 0 Å². The van der Waals surface area contributed by atoms with Crippen LogP contribution in [0, 0.1) is 0 Å². The summed E-state index contributed by atoms with van der Waals surface area (Å²) >= 11 is 0. The molecule has 0 fully saturated rings. The minimum Gasteiger partial charge on any atom is -0.508 e. The first-order valence-corrected chi connectivity index (χ1v) is 5.01. The van der Waals surface area contributed by atoms with Gasteiger partial charge < -0.3 is 29.9 Å². The summed E-state index contributed by atoms with van der Waals surface area (Å²) in [5.74, 6) is -2.32. The third kappa shape index (κ3) is 1.17. The van der Waals surface area contributed by atoms with Gasteiger partial charge in [0, 0.05) is 17.5 Å². The zero-order valence-electron chi connectivity index (χ0n) is 8.88. The lowest BCUT2D eigenvalue weighted by atomic mass is 10.1. The average molecular weight is 248 g/mol. The Labute approximate surface area is 99.6 Å². The SMILES string of the molecule is Oc1cc(O)c2oc3cc(O)c(O)c(O)c3c2c1. The Hall–Kier alpha value is -2.76. The zero-order chi connectivity index (χ0) is 13.0. The highest BCUT2D eigenvalue weighted by Gasteiger charge is 2.20. The molecule has 0 amide bonds. The highest BCUT2D eigenvalue weighted by atomic mass is 16.4. The van der Waals surface area contributed by atoms with Crippen molar-refractivity contribution in [3.05, 3.63) is 18.2 Å². The van der Waals surface area contributed by atoms with Crippen molar-refractivity contribution in [3.63, 3.8) is 0 Å². The highest BCUT2D eigenvalue weighted by molar-refractivity contribution is 6.11. The van der Waals surface area contributed by atoms with Gasteiger partial charge in [-0.3, -0.25) is 0 Å². The first-order chi connectivity index (χ1) is 8.49. The van der Waals surface area contributed by atoms with E-state index < -0.39 is 17.2 Å². The van der Waals surface area contributed by atoms with E-state index in [4.69, 9.17) is 4.42 Å². The van der Waals surface area contributed by atoms with Gasteiger partial charge in [-0.1, -0.05) is 0 Å². The summed E-state index contributed by atoms with van der Waals surface area (Å²) in [6.45, 7) is 0. The summed E-state index contributed by atoms with van der Waals surface area (Å²) in [7, 11) is 0. The molecule has 2 aromatic carbocycles. The molecule has 0 saturated heterocycles. The number of benzene rings is 2. The van der Waals surface area contributed by atoms with E-state index in [-0.39, 0.29) is 33.4 Å². The van der Waals surface area contributed by atoms with Crippen molar-refractivity contribution in [2.75, 3.05) is 0 Å². The number of furan rings is 1. The van der Waals surface area contributed by atoms with E-state index in [0.29, 0.717) is 0 Å². The number of fused-ring (bicyclic) bond motifs is 3. The largest absolute Gasteiger partial charge is 0.508 e. The fourth-order valence-corrected chi connectivity index (χ4v) is 1.96. The lowest BCUT2D eigenvalue weighted by molar-refractivity contribution is 0.371. The molecule has 1 heterocycles. The maximum atomic E-state index is 9.77. The van der Waals surface area contributed by atoms with Crippen LogP contribution in [0.5, 0.6) is 28.7 Å². The molecule has 0 aliphatic carbocycles. The number of phenols is 5. The number of hydrogen-bond donors (Lipinski definition) is 5. The van der Waals surface area contributed by atoms with E-state index in [1.54, 1.807) is 0 Å². The summed E-state index contributed by atoms with van der Waals surface area (Å²) < 4.78 is 5.26. The van der Waals surface area contributed by atoms with Crippen LogP contribution in [-0.4, -0.2) is 25.5 Å². The third-order valence-electron chi connectivity index (χ3n) is 2.75. The van der Waals surface area contributed by atoms with E-state index in [1.807, 2.05) is 0 Å². The van der Waals surface area contributed by atoms with Gasteiger partial charge in [-0.2, -0.15) is 0 Å². The number of rotatable bonds is 0. The molecule has 0 unspecified atom stereocenters. The summed E-state index contributed by atoms with van der Waals surface area (Å²) in [6.07, 6.45) is 0. The van der Waals surface area contributed by atoms with E-state index >= 15 is 0 Å². The summed E-state index contributed by atoms with van der Waals surface area (Å²) in [5, 5.41) is 48.0. The fraction of sp³-hybridized carbons (Fsp3) is 0. The molecule has 0 atom stereocenters. The van der Waals surface area contributed by atoms with Crippen LogP contribution in [-0.2, 0) is 0 Å². The first kappa shape index (κ1) is 10.4. The van der Waals surface area contributed by atoms with Gasteiger partial charge in [-0.15, -0.1) is 0 Å². The maximum Gasteiger partial charge on any atom is 0.201 e. The Balaban J connectivity index is 2.62. The molecule has 0 spiro atoms. The quantitative estimate of drug-likeness (QED) is 0.389. The molecular formula is C12H8O6. The van der Waals surface area contributed by atoms with Crippen molar-refractivity contribution in [2.45, 2.75) is 0 Å². The van der Waals surface area contributed by atoms with Gasteiger partial charge in [0.25, 0.3) is 0 Å². The van der Waals surface area contributed by atoms with Crippen molar-refractivity contribution < 1.29 is 29.9 Å². The van der Waals surface area contributed by atoms with Gasteiger partial charge in [0.15, 0.2) is 22.8 Å². The molecule has 0 aliphatic rings. The summed E-state index contributed by atoms with van der Waals surface area (Å²) in [5.41, 5.74) is 0.127. The van der Waals surface area contributed by atoms with Crippen LogP contribution in [0.4, 0.5) is 0 Å². The second kappa shape index (κ2) is 3.13. The van der Waals surface area contributed by atoms with Gasteiger partial charge in [-0.05, 0) is 6.07 Å². The highest BCUT2D eigenvalue weighted by Crippen LogP contribution is 2.47. The number of phenolic OH excluding ortho intramolecular Hbond substituents is 5. The first-order valence-electron chi connectivity index (χ1n) is 5.01. The maximum absolute atomic E-state index is 9.77. The van der Waals surface area contributed by atoms with Crippen molar-refractivity contribution in [1.29, 1.82) is 0 Å². The van der Waals surface area contributed by atoms with E-state index in [9.17, 15) is 25.5 Å². The van der Waals surface area contributed by atoms with Crippen LogP contribution < -0.4 is 0 Å². The number of aromatic hydroxyl groups is 5. The van der Waals surface area contributed by atoms with E-state index in [0.717, 1.165) is 12.1 Å². The molecule has 3 rings (SSSR count). The van der Waals surface area contributed by atoms with Gasteiger partial charge in [-0.25, -0.2) is 0 Å². The average Bonchev–Trinajstić information content (AvgIpc) is 2.65. The smallest absolute Gasteiger partial charge is 0.201 e. The van der Waals surface area contributed by atoms with Gasteiger partial charge in [0.1, 0.15) is 11.3 Å². The monoisotopic (exact) mass is 248 g/mol. The molecular weight excluding hydrogens is 240 g/mol. The van der Waals surface area contributed by atoms with Crippen molar-refractivity contribution in [2.24, 2.45) is 0 Å². The molecule has 0 radical (unpaired) electrons. The summed E-state index contributed by atoms with van der Waals surface area (Å²) in [6, 6.07) is 3.47. The molecule has 6 heteroatoms. The Morgan fingerprint density at radius 1 is 0.778 bits per heavy atom. The lowest BCUT2D eigenvalue weighted by Crippen LogP contribution is -1.74. The second-order valence-corrected chi connectivity index (χ2v) is 3.91. The Kier molecular flexibility index (Phi) is 1.81. The van der Waals surface area contributed by atoms with Crippen molar-refractivity contribution in [3.8, 4) is 28.7 Å². The zero-order valence-corrected chi connectivity index (χ0v) is 8.88. The minimum atomic E-state index is -0.687. The van der Waals surface area contributed by atoms with Crippen molar-refractivity contribution >= 4 is 21.9 Å². The van der Waals surface area contributed by atoms with Gasteiger partial charge in [0.05, 0.1) is 5.39 Å². The van der Waals surface area contributed by atoms with Crippen molar-refractivity contribution in [1.82, 2.24) is 0 Å². The van der Waals surface area contributed by atoms with Crippen LogP contribution in [0.25, 0.3) is 21.9 Å². The fourth-order valence-electron chi connectivity index (χ4n) is 1.96. The molecule has 0 saturated carbocycles. The molecule has 0 aliphatic heterocycles. The number of hydrogen-bond acceptors (Lipinski definition) is 6. The van der Waals surface area contributed by atoms with Crippen LogP contribution in [0.2, 0.25) is 0 Å². The predicted molar refractivity (Wildman–Crippen MR) is 62.0 cm³/mol. The topological polar surface area (TPSA) is 114 Å². The normalized spacial score (nSPS) is 11.3. The Morgan fingerprint density at radius 2 is 1.50 bits per heavy atom. The predicted octanol–water partition coefficient (Wildman–Crippen LogP) is 2.11. The second-order valence-electron chi connectivity index (χ2n) is 3.91. The lowest BCUT2D eigenvalue weighted by Gasteiger charge is -2.01. The Morgan fingerprint density at radius 3 is 2.22 bits per heavy atom. The minimum absolute atomic E-state index is 0.0445. The van der Waals surface area contributed by atoms with Crippen LogP contribution >= 0.6 is 0 Å². The molecule has 6 nitrogen and oxygen atoms in total. The molecule has 0 bridgehead atoms. The molecule has 18 heavy (non-hydrogen) atoms.